The Kier molecular flexibility index (Phi) is 7.76. The third kappa shape index (κ3) is 5.44. The van der Waals surface area contributed by atoms with Gasteiger partial charge in [0.2, 0.25) is 6.21 Å². The van der Waals surface area contributed by atoms with Crippen LogP contribution in [0.2, 0.25) is 0 Å². The van der Waals surface area contributed by atoms with E-state index in [2.05, 4.69) is 24.5 Å². The van der Waals surface area contributed by atoms with E-state index in [-0.39, 0.29) is 12.0 Å². The Morgan fingerprint density at radius 3 is 2.79 bits per heavy atom. The van der Waals surface area contributed by atoms with E-state index in [9.17, 15) is 5.21 Å². The third-order valence-electron chi connectivity index (χ3n) is 6.82. The van der Waals surface area contributed by atoms with Crippen LogP contribution in [0.4, 0.5) is 0 Å². The van der Waals surface area contributed by atoms with Gasteiger partial charge >= 0.3 is 0 Å². The molecule has 0 N–H and O–H groups in total. The van der Waals surface area contributed by atoms with Crippen molar-refractivity contribution in [3.63, 3.8) is 0 Å². The van der Waals surface area contributed by atoms with E-state index in [0.29, 0.717) is 24.0 Å². The number of aromatic nitrogens is 1. The number of fused-ring (bicyclic) bond motifs is 2. The molecule has 0 saturated heterocycles. The van der Waals surface area contributed by atoms with Gasteiger partial charge < -0.3 is 24.0 Å². The van der Waals surface area contributed by atoms with E-state index >= 15 is 0 Å². The van der Waals surface area contributed by atoms with Gasteiger partial charge in [-0.2, -0.15) is 4.74 Å². The lowest BCUT2D eigenvalue weighted by Gasteiger charge is -2.31. The molecule has 0 spiro atoms. The zero-order valence-electron chi connectivity index (χ0n) is 20.0. The number of benzene rings is 1. The summed E-state index contributed by atoms with van der Waals surface area (Å²) in [5.41, 5.74) is 2.69. The Labute approximate surface area is 197 Å². The molecule has 178 valence electrons. The summed E-state index contributed by atoms with van der Waals surface area (Å²) in [6, 6.07) is 10.0. The van der Waals surface area contributed by atoms with Gasteiger partial charge in [-0.25, -0.2) is 0 Å². The van der Waals surface area contributed by atoms with Crippen LogP contribution in [0.25, 0.3) is 0 Å². The van der Waals surface area contributed by atoms with E-state index in [4.69, 9.17) is 14.2 Å². The number of allylic oxidation sites excluding steroid dienone is 2. The first-order chi connectivity index (χ1) is 16.1. The molecular weight excluding hydrogens is 416 g/mol. The number of hydrogen-bond acceptors (Lipinski definition) is 4. The van der Waals surface area contributed by atoms with Crippen LogP contribution in [0.1, 0.15) is 57.2 Å². The fraction of sp³-hybridized carbons (Fsp3) is 0.519. The maximum absolute atomic E-state index is 13.0. The summed E-state index contributed by atoms with van der Waals surface area (Å²) in [7, 11) is 1.62. The van der Waals surface area contributed by atoms with Gasteiger partial charge in [0.15, 0.2) is 22.9 Å². The smallest absolute Gasteiger partial charge is 0.208 e. The van der Waals surface area contributed by atoms with Gasteiger partial charge in [-0.15, -0.1) is 0 Å². The minimum atomic E-state index is 0.138. The van der Waals surface area contributed by atoms with E-state index in [1.54, 1.807) is 13.3 Å². The van der Waals surface area contributed by atoms with Crippen molar-refractivity contribution in [1.29, 1.82) is 0 Å². The molecule has 6 nitrogen and oxygen atoms in total. The minimum Gasteiger partial charge on any atom is -0.618 e. The quantitative estimate of drug-likeness (QED) is 0.270. The lowest BCUT2D eigenvalue weighted by atomic mass is 9.81. The van der Waals surface area contributed by atoms with Crippen molar-refractivity contribution in [2.45, 2.75) is 65.2 Å². The van der Waals surface area contributed by atoms with E-state index in [0.717, 1.165) is 54.1 Å². The van der Waals surface area contributed by atoms with Crippen molar-refractivity contribution in [3.8, 4) is 11.5 Å². The van der Waals surface area contributed by atoms with Crippen molar-refractivity contribution in [2.75, 3.05) is 13.7 Å². The SMILES string of the molecule is CCCCCOC(C)C1CC=C2[C@@H](C1)Cn1cc(OCc3ccccc3)c(OC)c1C=[N+]2[O-]. The predicted molar refractivity (Wildman–Crippen MR) is 130 cm³/mol. The van der Waals surface area contributed by atoms with Crippen molar-refractivity contribution >= 4 is 6.21 Å². The predicted octanol–water partition coefficient (Wildman–Crippen LogP) is 5.52. The molecule has 33 heavy (non-hydrogen) atoms. The first kappa shape index (κ1) is 23.4. The van der Waals surface area contributed by atoms with Crippen LogP contribution in [0.5, 0.6) is 11.5 Å². The van der Waals surface area contributed by atoms with Crippen LogP contribution in [-0.2, 0) is 17.9 Å². The highest BCUT2D eigenvalue weighted by molar-refractivity contribution is 5.81. The molecule has 1 aliphatic carbocycles. The Hall–Kier alpha value is -2.73. The molecule has 0 saturated carbocycles. The van der Waals surface area contributed by atoms with Crippen molar-refractivity contribution in [1.82, 2.24) is 4.57 Å². The standard InChI is InChI=1S/C27H36N2O4/c1-4-5-9-14-32-20(2)22-12-13-24-23(15-22)16-28-18-26(27(31-3)25(28)17-29(24)30)33-19-21-10-7-6-8-11-21/h6-8,10-11,13,17-18,20,22-23H,4-5,9,12,14-16,19H2,1-3H3/t20?,22?,23-/m0/s1. The monoisotopic (exact) mass is 452 g/mol. The Morgan fingerprint density at radius 2 is 2.03 bits per heavy atom. The fourth-order valence-corrected chi connectivity index (χ4v) is 4.88. The van der Waals surface area contributed by atoms with Gasteiger partial charge in [-0.05, 0) is 43.7 Å². The molecule has 2 heterocycles. The van der Waals surface area contributed by atoms with Gasteiger partial charge in [0.25, 0.3) is 0 Å². The second-order valence-electron chi connectivity index (χ2n) is 9.13. The third-order valence-corrected chi connectivity index (χ3v) is 6.82. The first-order valence-electron chi connectivity index (χ1n) is 12.2. The maximum atomic E-state index is 13.0. The molecule has 0 amide bonds. The normalized spacial score (nSPS) is 20.7. The topological polar surface area (TPSA) is 58.7 Å². The summed E-state index contributed by atoms with van der Waals surface area (Å²) in [6.45, 7) is 6.37. The molecule has 0 fully saturated rings. The second-order valence-corrected chi connectivity index (χ2v) is 9.13. The Bertz CT molecular complexity index is 980. The van der Waals surface area contributed by atoms with Gasteiger partial charge in [0, 0.05) is 13.2 Å². The number of hydrogen-bond donors (Lipinski definition) is 0. The fourth-order valence-electron chi connectivity index (χ4n) is 4.88. The second kappa shape index (κ2) is 10.9. The molecule has 0 radical (unpaired) electrons. The summed E-state index contributed by atoms with van der Waals surface area (Å²) >= 11 is 0. The molecule has 1 aliphatic heterocycles. The minimum absolute atomic E-state index is 0.138. The van der Waals surface area contributed by atoms with Crippen LogP contribution >= 0.6 is 0 Å². The first-order valence-corrected chi connectivity index (χ1v) is 12.2. The average molecular weight is 453 g/mol. The molecule has 2 aliphatic rings. The van der Waals surface area contributed by atoms with Crippen molar-refractivity contribution in [2.24, 2.45) is 11.8 Å². The molecule has 0 bridgehead atoms. The van der Waals surface area contributed by atoms with Crippen molar-refractivity contribution in [3.05, 3.63) is 64.8 Å². The van der Waals surface area contributed by atoms with Crippen LogP contribution in [0, 0.1) is 17.0 Å². The van der Waals surface area contributed by atoms with Gasteiger partial charge in [-0.1, -0.05) is 50.1 Å². The number of nitrogens with zero attached hydrogens (tertiary/aromatic N) is 2. The van der Waals surface area contributed by atoms with Gasteiger partial charge in [0.1, 0.15) is 6.61 Å². The zero-order valence-corrected chi connectivity index (χ0v) is 20.0. The number of hydroxylamine groups is 1. The molecule has 6 heteroatoms. The highest BCUT2D eigenvalue weighted by Gasteiger charge is 2.36. The van der Waals surface area contributed by atoms with Crippen molar-refractivity contribution < 1.29 is 18.9 Å². The summed E-state index contributed by atoms with van der Waals surface area (Å²) < 4.78 is 21.0. The summed E-state index contributed by atoms with van der Waals surface area (Å²) in [5, 5.41) is 13.0. The molecule has 3 atom stereocenters. The van der Waals surface area contributed by atoms with E-state index in [1.807, 2.05) is 36.5 Å². The van der Waals surface area contributed by atoms with E-state index < -0.39 is 0 Å². The Balaban J connectivity index is 1.49. The largest absolute Gasteiger partial charge is 0.618 e. The maximum Gasteiger partial charge on any atom is 0.208 e. The number of ether oxygens (including phenoxy) is 3. The number of rotatable bonds is 10. The molecule has 1 aromatic heterocycles. The lowest BCUT2D eigenvalue weighted by Crippen LogP contribution is -2.30. The molecule has 2 unspecified atom stereocenters. The van der Waals surface area contributed by atoms with Crippen LogP contribution in [0.3, 0.4) is 0 Å². The Morgan fingerprint density at radius 1 is 1.21 bits per heavy atom. The highest BCUT2D eigenvalue weighted by Crippen LogP contribution is 2.39. The summed E-state index contributed by atoms with van der Waals surface area (Å²) in [5.74, 6) is 1.82. The van der Waals surface area contributed by atoms with Crippen LogP contribution in [0.15, 0.2) is 48.3 Å². The lowest BCUT2D eigenvalue weighted by molar-refractivity contribution is -0.406. The molecule has 1 aromatic carbocycles. The number of unbranched alkanes of at least 4 members (excludes halogenated alkanes) is 2. The average Bonchev–Trinajstić information content (AvgIpc) is 3.09. The van der Waals surface area contributed by atoms with E-state index in [1.165, 1.54) is 12.8 Å². The van der Waals surface area contributed by atoms with Crippen LogP contribution in [-0.4, -0.2) is 35.3 Å². The molecule has 2 aromatic rings. The zero-order chi connectivity index (χ0) is 23.2. The van der Waals surface area contributed by atoms with Gasteiger partial charge in [-0.3, -0.25) is 0 Å². The number of methoxy groups -OCH3 is 1. The molecule has 4 rings (SSSR count). The molecular formula is C27H36N2O4. The highest BCUT2D eigenvalue weighted by atomic mass is 16.5. The van der Waals surface area contributed by atoms with Gasteiger partial charge in [0.05, 0.1) is 25.3 Å². The summed E-state index contributed by atoms with van der Waals surface area (Å²) in [6.07, 6.45) is 11.2. The van der Waals surface area contributed by atoms with Crippen LogP contribution < -0.4 is 9.47 Å². The summed E-state index contributed by atoms with van der Waals surface area (Å²) in [4.78, 5) is 0.